The molecule has 2 aromatic rings. The maximum atomic E-state index is 14.4. The van der Waals surface area contributed by atoms with E-state index in [1.54, 1.807) is 24.0 Å². The number of fused-ring (bicyclic) bond motifs is 3. The van der Waals surface area contributed by atoms with Crippen LogP contribution in [0.4, 0.5) is 14.9 Å². The highest BCUT2D eigenvalue weighted by Crippen LogP contribution is 2.57. The first kappa shape index (κ1) is 32.7. The monoisotopic (exact) mass is 645 g/mol. The number of allylic oxidation sites excluding steroid dienone is 2. The summed E-state index contributed by atoms with van der Waals surface area (Å²) in [6.45, 7) is 4.34. The number of nitrogens with one attached hydrogen (secondary N) is 1. The standard InChI is InChI=1S/C37H44FN3O6/c1-3-46-35(44)37-19-26(37)11-7-5-4-6-8-13-31(39-27-16-14-24(2)15-17-27)34(43)41-22-28(18-32(41)33(42)20-37)47-36(45)40-21-25-10-9-12-30(38)29(25)23-40/h7,9-12,14-17,26,28,31-32,39H,3-6,8,13,18-23H2,1-2H3/b11-7-/t26-,28-,31+,32+,37-/m1/s1. The van der Waals surface area contributed by atoms with Crippen LogP contribution in [0.3, 0.4) is 0 Å². The number of esters is 1. The molecule has 0 unspecified atom stereocenters. The van der Waals surface area contributed by atoms with Gasteiger partial charge in [0.25, 0.3) is 0 Å². The molecule has 10 heteroatoms. The molecule has 250 valence electrons. The van der Waals surface area contributed by atoms with Crippen molar-refractivity contribution in [1.29, 1.82) is 0 Å². The van der Waals surface area contributed by atoms with Crippen LogP contribution in [-0.4, -0.2) is 64.9 Å². The summed E-state index contributed by atoms with van der Waals surface area (Å²) in [5.41, 5.74) is 2.16. The Morgan fingerprint density at radius 3 is 2.64 bits per heavy atom. The lowest BCUT2D eigenvalue weighted by Gasteiger charge is -2.30. The van der Waals surface area contributed by atoms with Crippen molar-refractivity contribution >= 4 is 29.4 Å². The number of rotatable bonds is 5. The van der Waals surface area contributed by atoms with Gasteiger partial charge in [-0.05, 0) is 69.2 Å². The van der Waals surface area contributed by atoms with Gasteiger partial charge in [0.2, 0.25) is 5.91 Å². The Labute approximate surface area is 275 Å². The molecular weight excluding hydrogens is 601 g/mol. The van der Waals surface area contributed by atoms with Crippen molar-refractivity contribution < 1.29 is 33.0 Å². The third-order valence-electron chi connectivity index (χ3n) is 10.1. The molecule has 0 spiro atoms. The highest BCUT2D eigenvalue weighted by Gasteiger charge is 2.61. The van der Waals surface area contributed by atoms with Crippen LogP contribution in [0, 0.1) is 24.1 Å². The average molecular weight is 646 g/mol. The SMILES string of the molecule is CCOC(=O)[C@]12CC(=O)[C@@H]3C[C@@H](OC(=O)N4Cc5cccc(F)c5C4)CN3C(=O)[C@@H](Nc3ccc(C)cc3)CCCCC/C=C\[C@@H]1C2. The molecule has 1 N–H and O–H groups in total. The molecule has 47 heavy (non-hydrogen) atoms. The molecule has 1 aliphatic carbocycles. The summed E-state index contributed by atoms with van der Waals surface area (Å²) in [5, 5.41) is 3.41. The number of carbonyl (C=O) groups is 4. The predicted octanol–water partition coefficient (Wildman–Crippen LogP) is 6.09. The molecule has 4 aliphatic rings. The smallest absolute Gasteiger partial charge is 0.410 e. The van der Waals surface area contributed by atoms with Crippen LogP contribution in [0.25, 0.3) is 0 Å². The largest absolute Gasteiger partial charge is 0.466 e. The Kier molecular flexibility index (Phi) is 9.66. The van der Waals surface area contributed by atoms with E-state index >= 15 is 0 Å². The molecule has 2 fully saturated rings. The number of Topliss-reactive ketones (excluding diaryl/α,β-unsaturated/α-hetero) is 1. The minimum atomic E-state index is -0.946. The fraction of sp³-hybridized carbons (Fsp3) is 0.514. The summed E-state index contributed by atoms with van der Waals surface area (Å²) < 4.78 is 25.7. The number of benzene rings is 2. The van der Waals surface area contributed by atoms with E-state index in [2.05, 4.69) is 11.4 Å². The number of nitrogens with zero attached hydrogens (tertiary/aromatic N) is 2. The van der Waals surface area contributed by atoms with Gasteiger partial charge in [0, 0.05) is 30.6 Å². The quantitative estimate of drug-likeness (QED) is 0.310. The van der Waals surface area contributed by atoms with Gasteiger partial charge in [-0.1, -0.05) is 54.8 Å². The molecule has 2 amide bonds. The van der Waals surface area contributed by atoms with Gasteiger partial charge in [-0.2, -0.15) is 0 Å². The Hall–Kier alpha value is -4.21. The van der Waals surface area contributed by atoms with Gasteiger partial charge in [-0.25, -0.2) is 9.18 Å². The fourth-order valence-electron chi connectivity index (χ4n) is 7.31. The molecular formula is C37H44FN3O6. The van der Waals surface area contributed by atoms with Crippen LogP contribution in [0.2, 0.25) is 0 Å². The third-order valence-corrected chi connectivity index (χ3v) is 10.1. The Balaban J connectivity index is 1.25. The lowest BCUT2D eigenvalue weighted by atomic mass is 9.91. The van der Waals surface area contributed by atoms with Gasteiger partial charge in [-0.15, -0.1) is 0 Å². The zero-order valence-electron chi connectivity index (χ0n) is 27.2. The molecule has 0 bridgehead atoms. The fourth-order valence-corrected chi connectivity index (χ4v) is 7.31. The third kappa shape index (κ3) is 7.06. The summed E-state index contributed by atoms with van der Waals surface area (Å²) >= 11 is 0. The van der Waals surface area contributed by atoms with Gasteiger partial charge in [0.05, 0.1) is 31.2 Å². The number of carbonyl (C=O) groups excluding carboxylic acids is 4. The minimum Gasteiger partial charge on any atom is -0.466 e. The van der Waals surface area contributed by atoms with Crippen molar-refractivity contribution in [3.8, 4) is 0 Å². The number of aryl methyl sites for hydroxylation is 1. The molecule has 6 rings (SSSR count). The second-order valence-electron chi connectivity index (χ2n) is 13.4. The summed E-state index contributed by atoms with van der Waals surface area (Å²) in [6.07, 6.45) is 7.54. The summed E-state index contributed by atoms with van der Waals surface area (Å²) in [5.74, 6) is -1.31. The maximum Gasteiger partial charge on any atom is 0.410 e. The van der Waals surface area contributed by atoms with Gasteiger partial charge in [0.1, 0.15) is 18.0 Å². The normalized spacial score (nSPS) is 28.3. The Morgan fingerprint density at radius 1 is 1.06 bits per heavy atom. The molecule has 2 aromatic carbocycles. The van der Waals surface area contributed by atoms with E-state index in [0.29, 0.717) is 18.4 Å². The summed E-state index contributed by atoms with van der Waals surface area (Å²) in [6, 6.07) is 11.2. The molecule has 1 saturated carbocycles. The van der Waals surface area contributed by atoms with Crippen molar-refractivity contribution in [2.75, 3.05) is 18.5 Å². The molecule has 5 atom stereocenters. The van der Waals surface area contributed by atoms with Crippen molar-refractivity contribution in [3.05, 3.63) is 77.1 Å². The molecule has 0 aromatic heterocycles. The van der Waals surface area contributed by atoms with Crippen LogP contribution in [-0.2, 0) is 36.9 Å². The number of anilines is 1. The van der Waals surface area contributed by atoms with E-state index in [1.165, 1.54) is 11.0 Å². The highest BCUT2D eigenvalue weighted by molar-refractivity contribution is 5.96. The van der Waals surface area contributed by atoms with Crippen molar-refractivity contribution in [2.24, 2.45) is 11.3 Å². The van der Waals surface area contributed by atoms with E-state index in [-0.39, 0.29) is 68.5 Å². The predicted molar refractivity (Wildman–Crippen MR) is 174 cm³/mol. The van der Waals surface area contributed by atoms with Crippen molar-refractivity contribution in [2.45, 2.75) is 96.5 Å². The minimum absolute atomic E-state index is 0.0489. The first-order valence-electron chi connectivity index (χ1n) is 16.9. The number of amides is 2. The average Bonchev–Trinajstić information content (AvgIpc) is 3.35. The first-order valence-corrected chi connectivity index (χ1v) is 16.9. The lowest BCUT2D eigenvalue weighted by Crippen LogP contribution is -2.48. The lowest BCUT2D eigenvalue weighted by molar-refractivity contribution is -0.152. The number of halogens is 1. The molecule has 3 aliphatic heterocycles. The van der Waals surface area contributed by atoms with Crippen molar-refractivity contribution in [1.82, 2.24) is 9.80 Å². The number of ketones is 1. The van der Waals surface area contributed by atoms with E-state index < -0.39 is 29.7 Å². The molecule has 9 nitrogen and oxygen atoms in total. The van der Waals surface area contributed by atoms with E-state index in [0.717, 1.165) is 42.5 Å². The zero-order chi connectivity index (χ0) is 33.1. The van der Waals surface area contributed by atoms with Gasteiger partial charge >= 0.3 is 12.1 Å². The molecule has 3 heterocycles. The zero-order valence-corrected chi connectivity index (χ0v) is 27.2. The Morgan fingerprint density at radius 2 is 1.87 bits per heavy atom. The Bertz CT molecular complexity index is 1540. The van der Waals surface area contributed by atoms with E-state index in [1.807, 2.05) is 37.3 Å². The van der Waals surface area contributed by atoms with Gasteiger partial charge in [-0.3, -0.25) is 19.3 Å². The van der Waals surface area contributed by atoms with Gasteiger partial charge in [0.15, 0.2) is 5.78 Å². The molecule has 1 saturated heterocycles. The van der Waals surface area contributed by atoms with Crippen molar-refractivity contribution in [3.63, 3.8) is 0 Å². The second-order valence-corrected chi connectivity index (χ2v) is 13.4. The maximum absolute atomic E-state index is 14.4. The number of hydrogen-bond acceptors (Lipinski definition) is 7. The topological polar surface area (TPSA) is 105 Å². The van der Waals surface area contributed by atoms with Gasteiger partial charge < -0.3 is 19.7 Å². The molecule has 0 radical (unpaired) electrons. The first-order chi connectivity index (χ1) is 22.7. The van der Waals surface area contributed by atoms with Crippen LogP contribution in [0.15, 0.2) is 54.6 Å². The highest BCUT2D eigenvalue weighted by atomic mass is 19.1. The van der Waals surface area contributed by atoms with E-state index in [4.69, 9.17) is 9.47 Å². The summed E-state index contributed by atoms with van der Waals surface area (Å²) in [4.78, 5) is 58.1. The van der Waals surface area contributed by atoms with E-state index in [9.17, 15) is 23.6 Å². The van der Waals surface area contributed by atoms with Crippen LogP contribution in [0.1, 0.15) is 75.0 Å². The number of ether oxygens (including phenoxy) is 2. The van der Waals surface area contributed by atoms with Crippen LogP contribution < -0.4 is 5.32 Å². The number of hydrogen-bond donors (Lipinski definition) is 1. The van der Waals surface area contributed by atoms with Crippen LogP contribution >= 0.6 is 0 Å². The van der Waals surface area contributed by atoms with Crippen LogP contribution in [0.5, 0.6) is 0 Å². The summed E-state index contributed by atoms with van der Waals surface area (Å²) in [7, 11) is 0. The second kappa shape index (κ2) is 13.9.